The van der Waals surface area contributed by atoms with Gasteiger partial charge < -0.3 is 14.2 Å². The van der Waals surface area contributed by atoms with Gasteiger partial charge >= 0.3 is 27.5 Å². The van der Waals surface area contributed by atoms with Crippen molar-refractivity contribution >= 4 is 16.1 Å². The fourth-order valence-corrected chi connectivity index (χ4v) is 6.57. The number of esters is 1. The first-order valence-corrected chi connectivity index (χ1v) is 11.4. The molecule has 13 heteroatoms. The van der Waals surface area contributed by atoms with Crippen LogP contribution in [0.4, 0.5) is 22.0 Å². The van der Waals surface area contributed by atoms with Crippen LogP contribution >= 0.6 is 0 Å². The van der Waals surface area contributed by atoms with Crippen molar-refractivity contribution in [3.8, 4) is 0 Å². The molecule has 7 nitrogen and oxygen atoms in total. The Hall–Kier alpha value is -1.05. The number of rotatable bonds is 8. The molecule has 0 radical (unpaired) electrons. The predicted octanol–water partition coefficient (Wildman–Crippen LogP) is 3.09. The van der Waals surface area contributed by atoms with Crippen molar-refractivity contribution in [3.63, 3.8) is 0 Å². The fraction of sp³-hybridized carbons (Fsp3) is 0.944. The van der Waals surface area contributed by atoms with Crippen LogP contribution in [0.5, 0.6) is 0 Å². The van der Waals surface area contributed by atoms with Crippen LogP contribution in [0.2, 0.25) is 0 Å². The zero-order chi connectivity index (χ0) is 22.9. The van der Waals surface area contributed by atoms with E-state index in [0.29, 0.717) is 32.5 Å². The third-order valence-electron chi connectivity index (χ3n) is 6.82. The molecule has 4 aliphatic carbocycles. The summed E-state index contributed by atoms with van der Waals surface area (Å²) in [7, 11) is -6.47. The van der Waals surface area contributed by atoms with Crippen molar-refractivity contribution in [3.05, 3.63) is 0 Å². The van der Waals surface area contributed by atoms with E-state index in [0.717, 1.165) is 19.3 Å². The van der Waals surface area contributed by atoms with Crippen LogP contribution in [0.15, 0.2) is 0 Å². The van der Waals surface area contributed by atoms with Crippen LogP contribution in [-0.2, 0) is 29.1 Å². The summed E-state index contributed by atoms with van der Waals surface area (Å²) in [4.78, 5) is 12.3. The minimum absolute atomic E-state index is 0.0177. The molecule has 0 aromatic carbocycles. The van der Waals surface area contributed by atoms with Crippen molar-refractivity contribution in [2.75, 3.05) is 13.2 Å². The van der Waals surface area contributed by atoms with Crippen molar-refractivity contribution < 1.29 is 53.9 Å². The standard InChI is InChI=1S/C18H23F5O7S/c19-17(20,21)14(18(22,23)31(25,26)27)30-13(24)6-15-2-10-1-11(3-15)5-16(4-10,9-15)29-8-12-7-28-12/h10-12,14H,1-9H2,(H,25,26,27). The van der Waals surface area contributed by atoms with Gasteiger partial charge in [0.05, 0.1) is 25.2 Å². The number of hydrogen-bond acceptors (Lipinski definition) is 6. The highest BCUT2D eigenvalue weighted by atomic mass is 32.2. The fourth-order valence-electron chi connectivity index (χ4n) is 6.12. The second-order valence-electron chi connectivity index (χ2n) is 9.54. The van der Waals surface area contributed by atoms with Gasteiger partial charge in [-0.15, -0.1) is 0 Å². The minimum atomic E-state index is -6.47. The monoisotopic (exact) mass is 478 g/mol. The van der Waals surface area contributed by atoms with Gasteiger partial charge in [-0.2, -0.15) is 30.4 Å². The lowest BCUT2D eigenvalue weighted by Gasteiger charge is -2.61. The van der Waals surface area contributed by atoms with Crippen LogP contribution < -0.4 is 0 Å². The van der Waals surface area contributed by atoms with Crippen molar-refractivity contribution in [1.82, 2.24) is 0 Å². The van der Waals surface area contributed by atoms with Gasteiger partial charge in [-0.05, 0) is 55.8 Å². The second kappa shape index (κ2) is 7.22. The van der Waals surface area contributed by atoms with E-state index in [1.807, 2.05) is 0 Å². The molecule has 31 heavy (non-hydrogen) atoms. The van der Waals surface area contributed by atoms with Gasteiger partial charge in [-0.3, -0.25) is 9.35 Å². The van der Waals surface area contributed by atoms with Gasteiger partial charge in [0.25, 0.3) is 6.10 Å². The molecule has 4 saturated carbocycles. The van der Waals surface area contributed by atoms with Crippen molar-refractivity contribution in [2.45, 2.75) is 74.2 Å². The van der Waals surface area contributed by atoms with E-state index >= 15 is 0 Å². The number of hydrogen-bond donors (Lipinski definition) is 1. The van der Waals surface area contributed by atoms with Crippen molar-refractivity contribution in [1.29, 1.82) is 0 Å². The first-order valence-electron chi connectivity index (χ1n) is 10.00. The summed E-state index contributed by atoms with van der Waals surface area (Å²) < 4.78 is 112. The Morgan fingerprint density at radius 3 is 2.19 bits per heavy atom. The van der Waals surface area contributed by atoms with Crippen LogP contribution in [0.3, 0.4) is 0 Å². The van der Waals surface area contributed by atoms with Crippen LogP contribution in [0.25, 0.3) is 0 Å². The van der Waals surface area contributed by atoms with Gasteiger partial charge in [0.1, 0.15) is 6.10 Å². The summed E-state index contributed by atoms with van der Waals surface area (Å²) in [6, 6.07) is 0. The lowest BCUT2D eigenvalue weighted by molar-refractivity contribution is -0.261. The molecule has 1 N–H and O–H groups in total. The third-order valence-corrected chi connectivity index (χ3v) is 7.72. The normalized spacial score (nSPS) is 38.2. The largest absolute Gasteiger partial charge is 0.445 e. The van der Waals surface area contributed by atoms with Gasteiger partial charge in [-0.1, -0.05) is 0 Å². The van der Waals surface area contributed by atoms with Gasteiger partial charge in [0.2, 0.25) is 0 Å². The molecule has 178 valence electrons. The van der Waals surface area contributed by atoms with Crippen LogP contribution in [-0.4, -0.2) is 61.4 Å². The SMILES string of the molecule is O=C(CC12CC3CC(C1)CC(OCC1CO1)(C3)C2)OC(C(F)(F)F)C(F)(F)S(=O)(=O)O. The molecule has 4 bridgehead atoms. The van der Waals surface area contributed by atoms with Gasteiger partial charge in [-0.25, -0.2) is 0 Å². The molecule has 5 aliphatic rings. The zero-order valence-corrected chi connectivity index (χ0v) is 17.2. The maximum Gasteiger partial charge on any atom is 0.432 e. The summed E-state index contributed by atoms with van der Waals surface area (Å²) in [6.45, 7) is 0.984. The molecule has 4 atom stereocenters. The summed E-state index contributed by atoms with van der Waals surface area (Å²) in [5.41, 5.74) is -1.28. The molecule has 5 rings (SSSR count). The number of epoxide rings is 1. The number of alkyl halides is 5. The Morgan fingerprint density at radius 1 is 1.13 bits per heavy atom. The Labute approximate surface area is 175 Å². The van der Waals surface area contributed by atoms with E-state index < -0.39 is 51.1 Å². The Balaban J connectivity index is 1.49. The molecule has 1 aliphatic heterocycles. The lowest BCUT2D eigenvalue weighted by Crippen LogP contribution is -2.58. The van der Waals surface area contributed by atoms with E-state index in [1.54, 1.807) is 0 Å². The van der Waals surface area contributed by atoms with E-state index in [1.165, 1.54) is 0 Å². The second-order valence-corrected chi connectivity index (χ2v) is 11.0. The highest BCUT2D eigenvalue weighted by Crippen LogP contribution is 2.64. The number of ether oxygens (including phenoxy) is 3. The van der Waals surface area contributed by atoms with Gasteiger partial charge in [0, 0.05) is 0 Å². The first-order chi connectivity index (χ1) is 14.1. The minimum Gasteiger partial charge on any atom is -0.445 e. The lowest BCUT2D eigenvalue weighted by atomic mass is 9.47. The third kappa shape index (κ3) is 4.55. The summed E-state index contributed by atoms with van der Waals surface area (Å²) in [5, 5.41) is -5.73. The Bertz CT molecular complexity index is 825. The van der Waals surface area contributed by atoms with E-state index in [-0.39, 0.29) is 17.9 Å². The first kappa shape index (κ1) is 23.1. The molecule has 0 aromatic heterocycles. The number of carbonyl (C=O) groups excluding carboxylic acids is 1. The van der Waals surface area contributed by atoms with E-state index in [2.05, 4.69) is 4.74 Å². The summed E-state index contributed by atoms with van der Waals surface area (Å²) in [6.07, 6.45) is -6.84. The predicted molar refractivity (Wildman–Crippen MR) is 92.6 cm³/mol. The molecular weight excluding hydrogens is 455 g/mol. The molecule has 1 saturated heterocycles. The summed E-state index contributed by atoms with van der Waals surface area (Å²) >= 11 is 0. The average molecular weight is 478 g/mol. The maximum absolute atomic E-state index is 13.7. The summed E-state index contributed by atoms with van der Waals surface area (Å²) in [5.74, 6) is -1.17. The molecule has 5 fully saturated rings. The molecular formula is C18H23F5O7S. The Kier molecular flexibility index (Phi) is 5.39. The van der Waals surface area contributed by atoms with E-state index in [9.17, 15) is 35.2 Å². The zero-order valence-electron chi connectivity index (χ0n) is 16.4. The molecule has 1 heterocycles. The molecule has 0 spiro atoms. The topological polar surface area (TPSA) is 102 Å². The number of halogens is 5. The highest BCUT2D eigenvalue weighted by molar-refractivity contribution is 7.86. The van der Waals surface area contributed by atoms with Crippen LogP contribution in [0, 0.1) is 17.3 Å². The van der Waals surface area contributed by atoms with Crippen molar-refractivity contribution in [2.24, 2.45) is 17.3 Å². The number of carbonyl (C=O) groups is 1. The Morgan fingerprint density at radius 2 is 1.71 bits per heavy atom. The molecule has 0 amide bonds. The highest BCUT2D eigenvalue weighted by Gasteiger charge is 2.66. The van der Waals surface area contributed by atoms with Gasteiger partial charge in [0.15, 0.2) is 0 Å². The maximum atomic E-state index is 13.7. The quantitative estimate of drug-likeness (QED) is 0.248. The molecule has 0 aromatic rings. The van der Waals surface area contributed by atoms with Crippen LogP contribution in [0.1, 0.15) is 44.9 Å². The van der Waals surface area contributed by atoms with E-state index in [4.69, 9.17) is 14.0 Å². The average Bonchev–Trinajstić information content (AvgIpc) is 3.38. The smallest absolute Gasteiger partial charge is 0.432 e. The molecule has 4 unspecified atom stereocenters.